The van der Waals surface area contributed by atoms with E-state index in [1.54, 1.807) is 6.92 Å². The van der Waals surface area contributed by atoms with Crippen LogP contribution in [0.1, 0.15) is 27.2 Å². The highest BCUT2D eigenvalue weighted by Crippen LogP contribution is 2.46. The molecule has 10 heteroatoms. The molecule has 0 aromatic heterocycles. The van der Waals surface area contributed by atoms with E-state index in [1.807, 2.05) is 0 Å². The van der Waals surface area contributed by atoms with E-state index in [4.69, 9.17) is 0 Å². The van der Waals surface area contributed by atoms with Gasteiger partial charge in [-0.3, -0.25) is 9.59 Å². The quantitative estimate of drug-likeness (QED) is 0.741. The smallest absolute Gasteiger partial charge is 0.296 e. The van der Waals surface area contributed by atoms with Crippen molar-refractivity contribution in [3.63, 3.8) is 0 Å². The van der Waals surface area contributed by atoms with Crippen molar-refractivity contribution in [3.05, 3.63) is 0 Å². The largest absolute Gasteiger partial charge is 0.460 e. The number of Topliss-reactive ketones (excluding diaryl/α,β-unsaturated/α-hetero) is 2. The Kier molecular flexibility index (Phi) is 7.36. The first kappa shape index (κ1) is 21.1. The van der Waals surface area contributed by atoms with E-state index in [0.29, 0.717) is 6.42 Å². The zero-order valence-corrected chi connectivity index (χ0v) is 10.6. The second-order valence-electron chi connectivity index (χ2n) is 3.64. The molecule has 20 heavy (non-hydrogen) atoms. The van der Waals surface area contributed by atoms with Crippen LogP contribution in [0, 0.1) is 0 Å². The molecule has 120 valence electrons. The minimum atomic E-state index is -6.44. The number of hydrogen-bond acceptors (Lipinski definition) is 2. The summed E-state index contributed by atoms with van der Waals surface area (Å²) in [6, 6.07) is 0. The highest BCUT2D eigenvalue weighted by Gasteiger charge is 2.75. The van der Waals surface area contributed by atoms with Crippen molar-refractivity contribution >= 4 is 11.6 Å². The molecule has 0 radical (unpaired) electrons. The number of alkyl halides is 8. The van der Waals surface area contributed by atoms with Crippen LogP contribution >= 0.6 is 0 Å². The van der Waals surface area contributed by atoms with Crippen molar-refractivity contribution in [3.8, 4) is 0 Å². The van der Waals surface area contributed by atoms with Crippen LogP contribution in [0.3, 0.4) is 0 Å². The molecular formula is C10H12F8O2. The lowest BCUT2D eigenvalue weighted by Crippen LogP contribution is -2.55. The lowest BCUT2D eigenvalue weighted by Gasteiger charge is -2.25. The van der Waals surface area contributed by atoms with E-state index in [-0.39, 0.29) is 12.7 Å². The van der Waals surface area contributed by atoms with Crippen LogP contribution in [0.4, 0.5) is 35.1 Å². The molecule has 0 aromatic rings. The molecule has 0 aliphatic rings. The predicted octanol–water partition coefficient (Wildman–Crippen LogP) is 3.73. The molecule has 0 spiro atoms. The van der Waals surface area contributed by atoms with Crippen molar-refractivity contribution in [2.75, 3.05) is 0 Å². The third kappa shape index (κ3) is 5.04. The summed E-state index contributed by atoms with van der Waals surface area (Å²) in [5.41, 5.74) is 0. The fourth-order valence-corrected chi connectivity index (χ4v) is 0.680. The van der Waals surface area contributed by atoms with Crippen LogP contribution in [-0.4, -0.2) is 35.8 Å². The summed E-state index contributed by atoms with van der Waals surface area (Å²) in [5, 5.41) is 0. The molecule has 0 bridgehead atoms. The van der Waals surface area contributed by atoms with E-state index < -0.39 is 30.0 Å². The van der Waals surface area contributed by atoms with E-state index in [1.165, 1.54) is 6.92 Å². The molecule has 0 rings (SSSR count). The van der Waals surface area contributed by atoms with Gasteiger partial charge in [0.25, 0.3) is 0 Å². The van der Waals surface area contributed by atoms with Crippen LogP contribution < -0.4 is 0 Å². The van der Waals surface area contributed by atoms with Gasteiger partial charge in [0.1, 0.15) is 0 Å². The average molecular weight is 316 g/mol. The second kappa shape index (κ2) is 6.98. The summed E-state index contributed by atoms with van der Waals surface area (Å²) in [6.07, 6.45) is -7.41. The molecule has 1 atom stereocenters. The van der Waals surface area contributed by atoms with Crippen molar-refractivity contribution in [2.45, 2.75) is 51.4 Å². The van der Waals surface area contributed by atoms with Crippen LogP contribution in [0.15, 0.2) is 0 Å². The van der Waals surface area contributed by atoms with Gasteiger partial charge in [-0.05, 0) is 6.92 Å². The third-order valence-electron chi connectivity index (χ3n) is 1.98. The van der Waals surface area contributed by atoms with Gasteiger partial charge in [-0.15, -0.1) is 0 Å². The van der Waals surface area contributed by atoms with Gasteiger partial charge in [-0.25, -0.2) is 4.39 Å². The number of rotatable bonds is 4. The van der Waals surface area contributed by atoms with Crippen molar-refractivity contribution < 1.29 is 44.7 Å². The van der Waals surface area contributed by atoms with Gasteiger partial charge in [-0.2, -0.15) is 30.7 Å². The number of carbonyl (C=O) groups is 2. The molecule has 0 heterocycles. The van der Waals surface area contributed by atoms with Crippen LogP contribution in [0.2, 0.25) is 0 Å². The zero-order valence-electron chi connectivity index (χ0n) is 10.6. The first-order valence-corrected chi connectivity index (χ1v) is 5.13. The Hall–Kier alpha value is -1.22. The van der Waals surface area contributed by atoms with Crippen LogP contribution in [-0.2, 0) is 9.59 Å². The first-order chi connectivity index (χ1) is 8.62. The summed E-state index contributed by atoms with van der Waals surface area (Å²) >= 11 is 0. The van der Waals surface area contributed by atoms with Gasteiger partial charge in [-0.1, -0.05) is 6.92 Å². The molecule has 0 N–H and O–H groups in total. The van der Waals surface area contributed by atoms with Crippen molar-refractivity contribution in [2.24, 2.45) is 0 Å². The Morgan fingerprint density at radius 3 is 1.40 bits per heavy atom. The van der Waals surface area contributed by atoms with E-state index in [2.05, 4.69) is 0 Å². The number of ketones is 2. The molecule has 0 amide bonds. The predicted molar refractivity (Wildman–Crippen MR) is 52.5 cm³/mol. The monoisotopic (exact) mass is 316 g/mol. The zero-order chi connectivity index (χ0) is 16.9. The normalized spacial score (nSPS) is 14.2. The van der Waals surface area contributed by atoms with Crippen molar-refractivity contribution in [1.29, 1.82) is 0 Å². The highest BCUT2D eigenvalue weighted by molar-refractivity contribution is 5.84. The first-order valence-electron chi connectivity index (χ1n) is 5.13. The summed E-state index contributed by atoms with van der Waals surface area (Å²) < 4.78 is 93.4. The van der Waals surface area contributed by atoms with Gasteiger partial charge in [0.05, 0.1) is 0 Å². The molecule has 0 aliphatic heterocycles. The fraction of sp³-hybridized carbons (Fsp3) is 0.800. The fourth-order valence-electron chi connectivity index (χ4n) is 0.680. The number of halogens is 8. The maximum atomic E-state index is 12.0. The molecule has 2 nitrogen and oxygen atoms in total. The molecule has 0 fully saturated rings. The maximum absolute atomic E-state index is 12.0. The lowest BCUT2D eigenvalue weighted by atomic mass is 10.1. The summed E-state index contributed by atoms with van der Waals surface area (Å²) in [5.74, 6) is -14.9. The Bertz CT molecular complexity index is 346. The standard InChI is InChI=1S/C5H3F7O.C5H9FO/c1-2(13)3(6,7)4(8,9)5(10,11)12;1-3-5(7)4(2)6/h1H3;4H,3H2,1-2H3. The van der Waals surface area contributed by atoms with Gasteiger partial charge in [0.2, 0.25) is 5.78 Å². The molecule has 0 aliphatic carbocycles. The Morgan fingerprint density at radius 1 is 1.00 bits per heavy atom. The molecule has 0 aromatic carbocycles. The van der Waals surface area contributed by atoms with Gasteiger partial charge < -0.3 is 0 Å². The molecule has 1 unspecified atom stereocenters. The van der Waals surface area contributed by atoms with Crippen LogP contribution in [0.5, 0.6) is 0 Å². The SMILES string of the molecule is CC(=O)C(F)(F)C(F)(F)C(F)(F)F.CCC(=O)C(C)F. The lowest BCUT2D eigenvalue weighted by molar-refractivity contribution is -0.343. The average Bonchev–Trinajstić information content (AvgIpc) is 2.26. The third-order valence-corrected chi connectivity index (χ3v) is 1.98. The number of hydrogen-bond donors (Lipinski definition) is 0. The number of carbonyl (C=O) groups excluding carboxylic acids is 2. The van der Waals surface area contributed by atoms with Gasteiger partial charge in [0.15, 0.2) is 12.0 Å². The minimum absolute atomic E-state index is 0.0420. The summed E-state index contributed by atoms with van der Waals surface area (Å²) in [7, 11) is 0. The van der Waals surface area contributed by atoms with E-state index >= 15 is 0 Å². The Morgan fingerprint density at radius 2 is 1.35 bits per heavy atom. The molecule has 0 saturated heterocycles. The summed E-state index contributed by atoms with van der Waals surface area (Å²) in [6.45, 7) is 2.86. The highest BCUT2D eigenvalue weighted by atomic mass is 19.4. The molecule has 0 saturated carbocycles. The van der Waals surface area contributed by atoms with Gasteiger partial charge in [0, 0.05) is 13.3 Å². The summed E-state index contributed by atoms with van der Waals surface area (Å²) in [4.78, 5) is 20.0. The van der Waals surface area contributed by atoms with E-state index in [9.17, 15) is 44.7 Å². The Labute approximate surface area is 109 Å². The van der Waals surface area contributed by atoms with Gasteiger partial charge >= 0.3 is 18.0 Å². The topological polar surface area (TPSA) is 34.1 Å². The molecular weight excluding hydrogens is 304 g/mol. The minimum Gasteiger partial charge on any atom is -0.296 e. The van der Waals surface area contributed by atoms with Crippen molar-refractivity contribution in [1.82, 2.24) is 0 Å². The van der Waals surface area contributed by atoms with E-state index in [0.717, 1.165) is 0 Å². The maximum Gasteiger partial charge on any atom is 0.460 e. The Balaban J connectivity index is 0. The van der Waals surface area contributed by atoms with Crippen LogP contribution in [0.25, 0.3) is 0 Å². The second-order valence-corrected chi connectivity index (χ2v) is 3.64.